The Morgan fingerprint density at radius 3 is 2.54 bits per heavy atom. The summed E-state index contributed by atoms with van der Waals surface area (Å²) < 4.78 is 5.79. The van der Waals surface area contributed by atoms with Gasteiger partial charge in [-0.25, -0.2) is 4.98 Å². The fraction of sp³-hybridized carbons (Fsp3) is 0.304. The lowest BCUT2D eigenvalue weighted by Gasteiger charge is -2.14. The number of benzene rings is 2. The van der Waals surface area contributed by atoms with E-state index in [4.69, 9.17) is 4.74 Å². The van der Waals surface area contributed by atoms with Crippen molar-refractivity contribution in [1.29, 1.82) is 0 Å². The number of nitrogens with zero attached hydrogens (tertiary/aromatic N) is 1. The topological polar surface area (TPSA) is 51.2 Å². The van der Waals surface area contributed by atoms with E-state index in [1.54, 1.807) is 11.3 Å². The van der Waals surface area contributed by atoms with Crippen molar-refractivity contribution in [3.63, 3.8) is 0 Å². The van der Waals surface area contributed by atoms with Gasteiger partial charge in [-0.2, -0.15) is 0 Å². The van der Waals surface area contributed by atoms with Crippen molar-refractivity contribution in [3.05, 3.63) is 70.2 Å². The van der Waals surface area contributed by atoms with Crippen molar-refractivity contribution in [2.45, 2.75) is 40.2 Å². The molecule has 1 amide bonds. The molecule has 0 saturated carbocycles. The number of amides is 1. The molecular formula is C23H26N2O2S. The summed E-state index contributed by atoms with van der Waals surface area (Å²) in [5.74, 6) is 0.968. The first kappa shape index (κ1) is 20.1. The molecule has 2 aromatic carbocycles. The Morgan fingerprint density at radius 1 is 1.11 bits per heavy atom. The minimum Gasteiger partial charge on any atom is -0.483 e. The highest BCUT2D eigenvalue weighted by Crippen LogP contribution is 2.27. The van der Waals surface area contributed by atoms with Gasteiger partial charge in [-0.3, -0.25) is 4.79 Å². The van der Waals surface area contributed by atoms with Crippen LogP contribution in [-0.4, -0.2) is 17.5 Å². The SMILES string of the molecule is Cc1ccc(-c2nc(CNC(=O)COc3cc(C)ccc3C(C)C)cs2)cc1. The lowest BCUT2D eigenvalue weighted by molar-refractivity contribution is -0.123. The van der Waals surface area contributed by atoms with E-state index < -0.39 is 0 Å². The van der Waals surface area contributed by atoms with Gasteiger partial charge in [0.15, 0.2) is 6.61 Å². The standard InChI is InChI=1S/C23H26N2O2S/c1-15(2)20-10-7-17(4)11-21(20)27-13-22(26)24-12-19-14-28-23(25-19)18-8-5-16(3)6-9-18/h5-11,14-15H,12-13H2,1-4H3,(H,24,26). The second-order valence-electron chi connectivity index (χ2n) is 7.27. The number of thiazole rings is 1. The van der Waals surface area contributed by atoms with Gasteiger partial charge in [0.25, 0.3) is 5.91 Å². The average Bonchev–Trinajstić information content (AvgIpc) is 3.14. The zero-order valence-corrected chi connectivity index (χ0v) is 17.6. The van der Waals surface area contributed by atoms with Crippen LogP contribution in [0.2, 0.25) is 0 Å². The van der Waals surface area contributed by atoms with Gasteiger partial charge < -0.3 is 10.1 Å². The Kier molecular flexibility index (Phi) is 6.47. The van der Waals surface area contributed by atoms with Crippen molar-refractivity contribution in [2.24, 2.45) is 0 Å². The lowest BCUT2D eigenvalue weighted by atomic mass is 10.0. The Bertz CT molecular complexity index is 945. The van der Waals surface area contributed by atoms with Gasteiger partial charge in [-0.15, -0.1) is 11.3 Å². The van der Waals surface area contributed by atoms with Crippen molar-refractivity contribution >= 4 is 17.2 Å². The van der Waals surface area contributed by atoms with Crippen LogP contribution in [-0.2, 0) is 11.3 Å². The van der Waals surface area contributed by atoms with Crippen molar-refractivity contribution in [1.82, 2.24) is 10.3 Å². The van der Waals surface area contributed by atoms with Crippen LogP contribution in [0, 0.1) is 13.8 Å². The molecule has 0 saturated heterocycles. The smallest absolute Gasteiger partial charge is 0.258 e. The number of hydrogen-bond acceptors (Lipinski definition) is 4. The number of aromatic nitrogens is 1. The lowest BCUT2D eigenvalue weighted by Crippen LogP contribution is -2.28. The molecule has 0 fully saturated rings. The number of aryl methyl sites for hydroxylation is 2. The molecule has 3 aromatic rings. The van der Waals surface area contributed by atoms with E-state index in [9.17, 15) is 4.79 Å². The van der Waals surface area contributed by atoms with Gasteiger partial charge in [-0.1, -0.05) is 55.8 Å². The summed E-state index contributed by atoms with van der Waals surface area (Å²) in [4.78, 5) is 16.8. The monoisotopic (exact) mass is 394 g/mol. The Morgan fingerprint density at radius 2 is 1.82 bits per heavy atom. The van der Waals surface area contributed by atoms with Gasteiger partial charge in [-0.05, 0) is 37.0 Å². The van der Waals surface area contributed by atoms with Crippen LogP contribution in [0.25, 0.3) is 10.6 Å². The zero-order chi connectivity index (χ0) is 20.1. The Labute approximate surface area is 170 Å². The zero-order valence-electron chi connectivity index (χ0n) is 16.8. The van der Waals surface area contributed by atoms with Gasteiger partial charge in [0.05, 0.1) is 12.2 Å². The Balaban J connectivity index is 1.54. The normalized spacial score (nSPS) is 10.9. The largest absolute Gasteiger partial charge is 0.483 e. The van der Waals surface area contributed by atoms with Crippen molar-refractivity contribution in [3.8, 4) is 16.3 Å². The average molecular weight is 395 g/mol. The van der Waals surface area contributed by atoms with Crippen LogP contribution >= 0.6 is 11.3 Å². The van der Waals surface area contributed by atoms with Gasteiger partial charge in [0.2, 0.25) is 0 Å². The summed E-state index contributed by atoms with van der Waals surface area (Å²) in [5, 5.41) is 5.83. The Hall–Kier alpha value is -2.66. The second-order valence-corrected chi connectivity index (χ2v) is 8.13. The first-order valence-electron chi connectivity index (χ1n) is 9.44. The summed E-state index contributed by atoms with van der Waals surface area (Å²) in [6.07, 6.45) is 0. The molecular weight excluding hydrogens is 368 g/mol. The molecule has 4 nitrogen and oxygen atoms in total. The summed E-state index contributed by atoms with van der Waals surface area (Å²) in [6, 6.07) is 14.4. The van der Waals surface area contributed by atoms with Crippen LogP contribution in [0.1, 0.15) is 42.1 Å². The van der Waals surface area contributed by atoms with E-state index in [0.29, 0.717) is 12.5 Å². The molecule has 0 atom stereocenters. The number of carbonyl (C=O) groups excluding carboxylic acids is 1. The number of carbonyl (C=O) groups is 1. The van der Waals surface area contributed by atoms with E-state index in [-0.39, 0.29) is 12.5 Å². The number of rotatable bonds is 7. The van der Waals surface area contributed by atoms with Gasteiger partial charge in [0.1, 0.15) is 10.8 Å². The molecule has 0 aliphatic carbocycles. The van der Waals surface area contributed by atoms with Crippen molar-refractivity contribution in [2.75, 3.05) is 6.61 Å². The van der Waals surface area contributed by atoms with Crippen LogP contribution in [0.3, 0.4) is 0 Å². The fourth-order valence-corrected chi connectivity index (χ4v) is 3.67. The van der Waals surface area contributed by atoms with E-state index >= 15 is 0 Å². The molecule has 146 valence electrons. The minimum absolute atomic E-state index is 0.00186. The molecule has 5 heteroatoms. The molecule has 0 spiro atoms. The summed E-state index contributed by atoms with van der Waals surface area (Å²) >= 11 is 1.58. The predicted molar refractivity (Wildman–Crippen MR) is 115 cm³/mol. The molecule has 0 bridgehead atoms. The molecule has 1 heterocycles. The number of nitrogens with one attached hydrogen (secondary N) is 1. The highest BCUT2D eigenvalue weighted by Gasteiger charge is 2.11. The first-order valence-corrected chi connectivity index (χ1v) is 10.3. The summed E-state index contributed by atoms with van der Waals surface area (Å²) in [7, 11) is 0. The van der Waals surface area contributed by atoms with E-state index in [2.05, 4.69) is 67.5 Å². The molecule has 0 aliphatic heterocycles. The van der Waals surface area contributed by atoms with E-state index in [1.807, 2.05) is 18.4 Å². The van der Waals surface area contributed by atoms with E-state index in [0.717, 1.165) is 33.1 Å². The minimum atomic E-state index is -0.152. The maximum atomic E-state index is 12.2. The molecule has 0 aliphatic rings. The highest BCUT2D eigenvalue weighted by atomic mass is 32.1. The van der Waals surface area contributed by atoms with Crippen LogP contribution in [0.15, 0.2) is 47.8 Å². The summed E-state index contributed by atoms with van der Waals surface area (Å²) in [5.41, 5.74) is 5.40. The number of ether oxygens (including phenoxy) is 1. The molecule has 3 rings (SSSR count). The fourth-order valence-electron chi connectivity index (χ4n) is 2.84. The third-order valence-electron chi connectivity index (χ3n) is 4.47. The molecule has 1 N–H and O–H groups in total. The maximum Gasteiger partial charge on any atom is 0.258 e. The van der Waals surface area contributed by atoms with Gasteiger partial charge >= 0.3 is 0 Å². The first-order chi connectivity index (χ1) is 13.4. The van der Waals surface area contributed by atoms with Crippen molar-refractivity contribution < 1.29 is 9.53 Å². The van der Waals surface area contributed by atoms with Gasteiger partial charge in [0, 0.05) is 10.9 Å². The maximum absolute atomic E-state index is 12.2. The number of hydrogen-bond donors (Lipinski definition) is 1. The second kappa shape index (κ2) is 9.02. The summed E-state index contributed by atoms with van der Waals surface area (Å²) in [6.45, 7) is 8.71. The highest BCUT2D eigenvalue weighted by molar-refractivity contribution is 7.13. The molecule has 1 aromatic heterocycles. The van der Waals surface area contributed by atoms with Crippen LogP contribution in [0.5, 0.6) is 5.75 Å². The van der Waals surface area contributed by atoms with Crippen LogP contribution in [0.4, 0.5) is 0 Å². The molecule has 28 heavy (non-hydrogen) atoms. The third kappa shape index (κ3) is 5.20. The van der Waals surface area contributed by atoms with Crippen LogP contribution < -0.4 is 10.1 Å². The third-order valence-corrected chi connectivity index (χ3v) is 5.41. The predicted octanol–water partition coefficient (Wildman–Crippen LogP) is 5.25. The molecule has 0 radical (unpaired) electrons. The molecule has 0 unspecified atom stereocenters. The van der Waals surface area contributed by atoms with E-state index in [1.165, 1.54) is 5.56 Å². The quantitative estimate of drug-likeness (QED) is 0.596.